The predicted molar refractivity (Wildman–Crippen MR) is 76.5 cm³/mol. The number of hydrogen-bond donors (Lipinski definition) is 1. The quantitative estimate of drug-likeness (QED) is 0.776. The zero-order valence-electron chi connectivity index (χ0n) is 11.4. The van der Waals surface area contributed by atoms with E-state index in [9.17, 15) is 4.79 Å². The van der Waals surface area contributed by atoms with Crippen LogP contribution < -0.4 is 5.32 Å². The second-order valence-electron chi connectivity index (χ2n) is 7.33. The molecule has 0 heterocycles. The highest BCUT2D eigenvalue weighted by Gasteiger charge is 2.67. The van der Waals surface area contributed by atoms with Crippen LogP contribution in [0.3, 0.4) is 0 Å². The molecular formula is C15H24BrNO. The Morgan fingerprint density at radius 1 is 1.28 bits per heavy atom. The highest BCUT2D eigenvalue weighted by molar-refractivity contribution is 9.09. The van der Waals surface area contributed by atoms with Crippen molar-refractivity contribution in [3.05, 3.63) is 0 Å². The molecule has 0 aliphatic heterocycles. The molecule has 1 amide bonds. The number of carbonyl (C=O) groups excluding carboxylic acids is 1. The summed E-state index contributed by atoms with van der Waals surface area (Å²) in [5.41, 5.74) is 0.210. The molecule has 18 heavy (non-hydrogen) atoms. The van der Waals surface area contributed by atoms with Crippen LogP contribution in [0.2, 0.25) is 0 Å². The van der Waals surface area contributed by atoms with Gasteiger partial charge in [0.1, 0.15) is 0 Å². The number of hydrogen-bond acceptors (Lipinski definition) is 1. The Labute approximate surface area is 118 Å². The van der Waals surface area contributed by atoms with Gasteiger partial charge in [-0.1, -0.05) is 29.8 Å². The van der Waals surface area contributed by atoms with Crippen LogP contribution in [-0.2, 0) is 4.79 Å². The van der Waals surface area contributed by atoms with Crippen molar-refractivity contribution in [2.75, 3.05) is 11.9 Å². The van der Waals surface area contributed by atoms with Crippen molar-refractivity contribution in [3.63, 3.8) is 0 Å². The Kier molecular flexibility index (Phi) is 3.24. The van der Waals surface area contributed by atoms with E-state index in [1.807, 2.05) is 0 Å². The van der Waals surface area contributed by atoms with Crippen molar-refractivity contribution < 1.29 is 4.79 Å². The fourth-order valence-corrected chi connectivity index (χ4v) is 5.54. The highest BCUT2D eigenvalue weighted by Crippen LogP contribution is 2.69. The number of carbonyl (C=O) groups is 1. The van der Waals surface area contributed by atoms with Gasteiger partial charge in [0.2, 0.25) is 5.91 Å². The molecule has 102 valence electrons. The van der Waals surface area contributed by atoms with Gasteiger partial charge in [0, 0.05) is 17.8 Å². The maximum atomic E-state index is 12.3. The first-order chi connectivity index (χ1) is 8.53. The molecule has 0 aromatic rings. The monoisotopic (exact) mass is 313 g/mol. The van der Waals surface area contributed by atoms with E-state index >= 15 is 0 Å². The summed E-state index contributed by atoms with van der Waals surface area (Å²) in [6, 6.07) is 0. The Hall–Kier alpha value is -0.0500. The maximum absolute atomic E-state index is 12.3. The molecule has 0 aromatic carbocycles. The van der Waals surface area contributed by atoms with Crippen molar-refractivity contribution >= 4 is 21.8 Å². The summed E-state index contributed by atoms with van der Waals surface area (Å²) in [4.78, 5) is 12.3. The van der Waals surface area contributed by atoms with Gasteiger partial charge < -0.3 is 5.32 Å². The Bertz CT molecular complexity index is 338. The number of fused-ring (bicyclic) bond motifs is 5. The van der Waals surface area contributed by atoms with Gasteiger partial charge in [0.25, 0.3) is 0 Å². The van der Waals surface area contributed by atoms with Crippen LogP contribution in [-0.4, -0.2) is 17.8 Å². The minimum atomic E-state index is 0.210. The van der Waals surface area contributed by atoms with Gasteiger partial charge in [-0.3, -0.25) is 4.79 Å². The van der Waals surface area contributed by atoms with E-state index in [1.165, 1.54) is 19.3 Å². The smallest absolute Gasteiger partial charge is 0.223 e. The lowest BCUT2D eigenvalue weighted by Crippen LogP contribution is -2.36. The first kappa shape index (κ1) is 13.0. The van der Waals surface area contributed by atoms with Crippen LogP contribution in [0.5, 0.6) is 0 Å². The molecule has 0 saturated heterocycles. The number of nitrogens with one attached hydrogen (secondary N) is 1. The van der Waals surface area contributed by atoms with E-state index in [-0.39, 0.29) is 5.41 Å². The molecule has 0 radical (unpaired) electrons. The van der Waals surface area contributed by atoms with Crippen molar-refractivity contribution in [1.82, 2.24) is 5.32 Å². The first-order valence-electron chi connectivity index (χ1n) is 7.37. The molecule has 3 fully saturated rings. The Balaban J connectivity index is 1.49. The van der Waals surface area contributed by atoms with Crippen LogP contribution >= 0.6 is 15.9 Å². The molecular weight excluding hydrogens is 290 g/mol. The van der Waals surface area contributed by atoms with Crippen LogP contribution in [0, 0.1) is 35.0 Å². The second-order valence-corrected chi connectivity index (χ2v) is 8.13. The van der Waals surface area contributed by atoms with Crippen molar-refractivity contribution in [2.24, 2.45) is 35.0 Å². The zero-order valence-corrected chi connectivity index (χ0v) is 13.0. The number of rotatable bonds is 5. The summed E-state index contributed by atoms with van der Waals surface area (Å²) in [6.45, 7) is 5.28. The second kappa shape index (κ2) is 4.50. The molecule has 3 rings (SSSR count). The van der Waals surface area contributed by atoms with Crippen LogP contribution in [0.1, 0.15) is 39.5 Å². The van der Waals surface area contributed by atoms with E-state index in [4.69, 9.17) is 0 Å². The Morgan fingerprint density at radius 3 is 2.44 bits per heavy atom. The van der Waals surface area contributed by atoms with Crippen molar-refractivity contribution in [1.29, 1.82) is 0 Å². The van der Waals surface area contributed by atoms with Gasteiger partial charge in [-0.05, 0) is 54.8 Å². The summed E-state index contributed by atoms with van der Waals surface area (Å²) >= 11 is 3.48. The molecule has 3 aliphatic rings. The van der Waals surface area contributed by atoms with E-state index < -0.39 is 0 Å². The molecule has 4 atom stereocenters. The van der Waals surface area contributed by atoms with Gasteiger partial charge in [0.15, 0.2) is 0 Å². The topological polar surface area (TPSA) is 29.1 Å². The third kappa shape index (κ3) is 2.13. The van der Waals surface area contributed by atoms with Gasteiger partial charge in [0.05, 0.1) is 0 Å². The molecule has 3 aliphatic carbocycles. The van der Waals surface area contributed by atoms with Crippen LogP contribution in [0.25, 0.3) is 0 Å². The Morgan fingerprint density at radius 2 is 1.89 bits per heavy atom. The van der Waals surface area contributed by atoms with E-state index in [0.29, 0.717) is 11.8 Å². The van der Waals surface area contributed by atoms with Crippen LogP contribution in [0.15, 0.2) is 0 Å². The molecule has 1 N–H and O–H groups in total. The average Bonchev–Trinajstić information content (AvgIpc) is 2.75. The van der Waals surface area contributed by atoms with Crippen molar-refractivity contribution in [2.45, 2.75) is 39.5 Å². The minimum Gasteiger partial charge on any atom is -0.355 e. The molecule has 3 heteroatoms. The molecule has 0 spiro atoms. The zero-order chi connectivity index (χ0) is 12.9. The molecule has 2 bridgehead atoms. The van der Waals surface area contributed by atoms with Gasteiger partial charge in [-0.15, -0.1) is 0 Å². The molecule has 2 nitrogen and oxygen atoms in total. The summed E-state index contributed by atoms with van der Waals surface area (Å²) in [7, 11) is 0. The minimum absolute atomic E-state index is 0.210. The largest absolute Gasteiger partial charge is 0.355 e. The summed E-state index contributed by atoms with van der Waals surface area (Å²) in [5, 5.41) is 4.22. The third-order valence-corrected chi connectivity index (χ3v) is 5.95. The number of halogens is 1. The van der Waals surface area contributed by atoms with E-state index in [0.717, 1.165) is 42.0 Å². The van der Waals surface area contributed by atoms with Gasteiger partial charge >= 0.3 is 0 Å². The fraction of sp³-hybridized carbons (Fsp3) is 0.933. The number of alkyl halides is 1. The van der Waals surface area contributed by atoms with E-state index in [1.54, 1.807) is 0 Å². The van der Waals surface area contributed by atoms with Crippen molar-refractivity contribution in [3.8, 4) is 0 Å². The van der Waals surface area contributed by atoms with Crippen LogP contribution in [0.4, 0.5) is 0 Å². The summed E-state index contributed by atoms with van der Waals surface area (Å²) in [6.07, 6.45) is 5.32. The average molecular weight is 314 g/mol. The highest BCUT2D eigenvalue weighted by atomic mass is 79.9. The standard InChI is InChI=1S/C15H24BrNO/c1-15(2,5-6-16)8-17-14(18)13-11-9-3-4-10(7-9)12(11)13/h9-13H,3-8H2,1-2H3,(H,17,18). The predicted octanol–water partition coefficient (Wildman–Crippen LogP) is 3.21. The SMILES string of the molecule is CC(C)(CCBr)CNC(=O)C1C2C3CCC(C3)C12. The number of amides is 1. The molecule has 0 aromatic heterocycles. The van der Waals surface area contributed by atoms with Gasteiger partial charge in [-0.25, -0.2) is 0 Å². The lowest BCUT2D eigenvalue weighted by molar-refractivity contribution is -0.123. The molecule has 3 saturated carbocycles. The summed E-state index contributed by atoms with van der Waals surface area (Å²) in [5.74, 6) is 4.06. The third-order valence-electron chi connectivity index (χ3n) is 5.55. The first-order valence-corrected chi connectivity index (χ1v) is 8.49. The fourth-order valence-electron chi connectivity index (χ4n) is 4.46. The molecule has 4 unspecified atom stereocenters. The maximum Gasteiger partial charge on any atom is 0.223 e. The normalized spacial score (nSPS) is 40.7. The lowest BCUT2D eigenvalue weighted by Gasteiger charge is -2.24. The lowest BCUT2D eigenvalue weighted by atomic mass is 9.90. The van der Waals surface area contributed by atoms with Gasteiger partial charge in [-0.2, -0.15) is 0 Å². The van der Waals surface area contributed by atoms with E-state index in [2.05, 4.69) is 35.1 Å². The summed E-state index contributed by atoms with van der Waals surface area (Å²) < 4.78 is 0.